The molecule has 7 heteroatoms. The summed E-state index contributed by atoms with van der Waals surface area (Å²) in [5.41, 5.74) is 0. The molecule has 0 N–H and O–H groups in total. The maximum Gasteiger partial charge on any atom is 0.200 e. The molecule has 0 aliphatic heterocycles. The van der Waals surface area contributed by atoms with Gasteiger partial charge in [0.05, 0.1) is 13.2 Å². The van der Waals surface area contributed by atoms with E-state index < -0.39 is 23.3 Å². The van der Waals surface area contributed by atoms with E-state index in [4.69, 9.17) is 14.2 Å². The average molecular weight is 330 g/mol. The van der Waals surface area contributed by atoms with Crippen LogP contribution in [0.4, 0.5) is 17.6 Å². The lowest BCUT2D eigenvalue weighted by Gasteiger charge is -2.09. The largest absolute Gasteiger partial charge is 0.488 e. The lowest BCUT2D eigenvalue weighted by Crippen LogP contribution is -2.13. The zero-order valence-corrected chi connectivity index (χ0v) is 12.0. The molecule has 0 spiro atoms. The lowest BCUT2D eigenvalue weighted by atomic mass is 10.3. The maximum absolute atomic E-state index is 13.3. The van der Waals surface area contributed by atoms with Gasteiger partial charge in [-0.25, -0.2) is 8.78 Å². The van der Waals surface area contributed by atoms with Crippen molar-refractivity contribution in [3.05, 3.63) is 59.7 Å². The normalized spacial score (nSPS) is 10.6. The molecule has 0 saturated heterocycles. The van der Waals surface area contributed by atoms with Gasteiger partial charge in [-0.2, -0.15) is 8.78 Å². The molecule has 0 aromatic heterocycles. The van der Waals surface area contributed by atoms with Crippen LogP contribution in [0.1, 0.15) is 0 Å². The van der Waals surface area contributed by atoms with Crippen LogP contribution >= 0.6 is 0 Å². The second-order valence-electron chi connectivity index (χ2n) is 4.41. The van der Waals surface area contributed by atoms with E-state index in [2.05, 4.69) is 0 Å². The molecule has 0 amide bonds. The molecule has 3 nitrogen and oxygen atoms in total. The van der Waals surface area contributed by atoms with Crippen LogP contribution in [-0.4, -0.2) is 26.4 Å². The smallest absolute Gasteiger partial charge is 0.200 e. The molecular formula is C16H14F4O3. The Labute approximate surface area is 130 Å². The topological polar surface area (TPSA) is 27.7 Å². The third kappa shape index (κ3) is 4.85. The summed E-state index contributed by atoms with van der Waals surface area (Å²) in [6.45, 7) is 0.222. The van der Waals surface area contributed by atoms with Crippen LogP contribution in [0.2, 0.25) is 0 Å². The van der Waals surface area contributed by atoms with E-state index in [1.165, 1.54) is 24.3 Å². The van der Waals surface area contributed by atoms with Gasteiger partial charge in [-0.05, 0) is 24.3 Å². The number of hydrogen-bond acceptors (Lipinski definition) is 3. The van der Waals surface area contributed by atoms with E-state index in [1.807, 2.05) is 0 Å². The van der Waals surface area contributed by atoms with Gasteiger partial charge in [0.2, 0.25) is 11.6 Å². The van der Waals surface area contributed by atoms with Crippen LogP contribution in [0.25, 0.3) is 0 Å². The first-order valence-electron chi connectivity index (χ1n) is 6.81. The van der Waals surface area contributed by atoms with Gasteiger partial charge >= 0.3 is 0 Å². The summed E-state index contributed by atoms with van der Waals surface area (Å²) < 4.78 is 67.5. The Morgan fingerprint density at radius 2 is 1.04 bits per heavy atom. The molecule has 0 heterocycles. The first-order valence-corrected chi connectivity index (χ1v) is 6.81. The summed E-state index contributed by atoms with van der Waals surface area (Å²) in [6.07, 6.45) is 0. The Hall–Kier alpha value is -2.28. The van der Waals surface area contributed by atoms with Crippen molar-refractivity contribution in [3.63, 3.8) is 0 Å². The minimum absolute atomic E-state index is 0.00863. The third-order valence-electron chi connectivity index (χ3n) is 2.80. The molecule has 23 heavy (non-hydrogen) atoms. The van der Waals surface area contributed by atoms with E-state index in [0.29, 0.717) is 0 Å². The molecule has 124 valence electrons. The Morgan fingerprint density at radius 1 is 0.609 bits per heavy atom. The zero-order chi connectivity index (χ0) is 16.7. The van der Waals surface area contributed by atoms with Crippen molar-refractivity contribution in [1.29, 1.82) is 0 Å². The van der Waals surface area contributed by atoms with E-state index in [9.17, 15) is 17.6 Å². The monoisotopic (exact) mass is 330 g/mol. The molecule has 0 unspecified atom stereocenters. The standard InChI is InChI=1S/C16H14F4O3/c17-11-3-1-5-13(15(11)19)22-9-7-21-8-10-23-14-6-2-4-12(18)16(14)20/h1-6H,7-10H2. The van der Waals surface area contributed by atoms with Gasteiger partial charge in [0.25, 0.3) is 0 Å². The van der Waals surface area contributed by atoms with E-state index in [0.717, 1.165) is 12.1 Å². The molecular weight excluding hydrogens is 316 g/mol. The summed E-state index contributed by atoms with van der Waals surface area (Å²) in [5.74, 6) is -4.50. The van der Waals surface area contributed by atoms with Crippen molar-refractivity contribution in [2.75, 3.05) is 26.4 Å². The fourth-order valence-corrected chi connectivity index (χ4v) is 1.71. The van der Waals surface area contributed by atoms with Gasteiger partial charge in [-0.15, -0.1) is 0 Å². The summed E-state index contributed by atoms with van der Waals surface area (Å²) in [4.78, 5) is 0. The van der Waals surface area contributed by atoms with Crippen molar-refractivity contribution in [1.82, 2.24) is 0 Å². The summed E-state index contributed by atoms with van der Waals surface area (Å²) in [7, 11) is 0. The predicted octanol–water partition coefficient (Wildman–Crippen LogP) is 3.72. The highest BCUT2D eigenvalue weighted by molar-refractivity contribution is 5.25. The number of halogens is 4. The highest BCUT2D eigenvalue weighted by atomic mass is 19.2. The second kappa shape index (κ2) is 8.38. The number of rotatable bonds is 8. The van der Waals surface area contributed by atoms with Crippen molar-refractivity contribution < 1.29 is 31.8 Å². The number of benzene rings is 2. The van der Waals surface area contributed by atoms with Crippen LogP contribution in [0.15, 0.2) is 36.4 Å². The zero-order valence-electron chi connectivity index (χ0n) is 12.0. The SMILES string of the molecule is Fc1cccc(OCCOCCOc2cccc(F)c2F)c1F. The molecule has 2 aromatic rings. The van der Waals surface area contributed by atoms with Crippen molar-refractivity contribution in [2.24, 2.45) is 0 Å². The average Bonchev–Trinajstić information content (AvgIpc) is 2.54. The molecule has 0 aliphatic carbocycles. The third-order valence-corrected chi connectivity index (χ3v) is 2.80. The Kier molecular flexibility index (Phi) is 6.22. The molecule has 0 aliphatic rings. The second-order valence-corrected chi connectivity index (χ2v) is 4.41. The highest BCUT2D eigenvalue weighted by Crippen LogP contribution is 2.19. The van der Waals surface area contributed by atoms with Crippen molar-refractivity contribution in [2.45, 2.75) is 0 Å². The molecule has 0 radical (unpaired) electrons. The van der Waals surface area contributed by atoms with Gasteiger partial charge in [0.15, 0.2) is 23.1 Å². The predicted molar refractivity (Wildman–Crippen MR) is 74.5 cm³/mol. The van der Waals surface area contributed by atoms with Gasteiger partial charge in [-0.3, -0.25) is 0 Å². The van der Waals surface area contributed by atoms with Crippen LogP contribution < -0.4 is 9.47 Å². The van der Waals surface area contributed by atoms with Crippen LogP contribution in [0.3, 0.4) is 0 Å². The summed E-state index contributed by atoms with van der Waals surface area (Å²) in [5, 5.41) is 0. The molecule has 0 fully saturated rings. The summed E-state index contributed by atoms with van der Waals surface area (Å²) >= 11 is 0. The quantitative estimate of drug-likeness (QED) is 0.545. The van der Waals surface area contributed by atoms with Gasteiger partial charge in [0, 0.05) is 0 Å². The Bertz CT molecular complexity index is 594. The molecule has 2 rings (SSSR count). The highest BCUT2D eigenvalue weighted by Gasteiger charge is 2.09. The maximum atomic E-state index is 13.3. The van der Waals surface area contributed by atoms with Crippen LogP contribution in [0, 0.1) is 23.3 Å². The fraction of sp³-hybridized carbons (Fsp3) is 0.250. The molecule has 0 saturated carbocycles. The fourth-order valence-electron chi connectivity index (χ4n) is 1.71. The number of hydrogen-bond donors (Lipinski definition) is 0. The lowest BCUT2D eigenvalue weighted by molar-refractivity contribution is 0.0741. The van der Waals surface area contributed by atoms with Crippen molar-refractivity contribution in [3.8, 4) is 11.5 Å². The minimum atomic E-state index is -1.06. The van der Waals surface area contributed by atoms with Crippen LogP contribution in [-0.2, 0) is 4.74 Å². The van der Waals surface area contributed by atoms with Gasteiger partial charge < -0.3 is 14.2 Å². The Morgan fingerprint density at radius 3 is 1.48 bits per heavy atom. The van der Waals surface area contributed by atoms with E-state index in [-0.39, 0.29) is 37.9 Å². The van der Waals surface area contributed by atoms with Crippen molar-refractivity contribution >= 4 is 0 Å². The van der Waals surface area contributed by atoms with Crippen LogP contribution in [0.5, 0.6) is 11.5 Å². The van der Waals surface area contributed by atoms with Gasteiger partial charge in [0.1, 0.15) is 13.2 Å². The molecule has 0 bridgehead atoms. The summed E-state index contributed by atoms with van der Waals surface area (Å²) in [6, 6.07) is 7.23. The van der Waals surface area contributed by atoms with Gasteiger partial charge in [-0.1, -0.05) is 12.1 Å². The van der Waals surface area contributed by atoms with E-state index in [1.54, 1.807) is 0 Å². The number of ether oxygens (including phenoxy) is 3. The Balaban J connectivity index is 1.63. The molecule has 0 atom stereocenters. The van der Waals surface area contributed by atoms with E-state index >= 15 is 0 Å². The first kappa shape index (κ1) is 17.1. The minimum Gasteiger partial charge on any atom is -0.488 e. The first-order chi connectivity index (χ1) is 11.1. The molecule has 2 aromatic carbocycles.